The molecule has 1 N–H and O–H groups in total. The summed E-state index contributed by atoms with van der Waals surface area (Å²) in [6.07, 6.45) is 4.24. The Labute approximate surface area is 63.8 Å². The number of aliphatic hydroxyl groups excluding tert-OH is 1. The highest BCUT2D eigenvalue weighted by Crippen LogP contribution is 2.33. The van der Waals surface area contributed by atoms with E-state index in [2.05, 4.69) is 0 Å². The highest BCUT2D eigenvalue weighted by molar-refractivity contribution is 8.18. The van der Waals surface area contributed by atoms with Crippen molar-refractivity contribution in [2.45, 2.75) is 6.92 Å². The summed E-state index contributed by atoms with van der Waals surface area (Å²) in [7, 11) is 0. The third-order valence-electron chi connectivity index (χ3n) is 1.000. The van der Waals surface area contributed by atoms with Gasteiger partial charge in [0.05, 0.1) is 6.61 Å². The van der Waals surface area contributed by atoms with Crippen molar-refractivity contribution in [3.8, 4) is 0 Å². The Bertz CT molecular complexity index is 140. The van der Waals surface area contributed by atoms with Crippen molar-refractivity contribution in [3.63, 3.8) is 0 Å². The van der Waals surface area contributed by atoms with Crippen LogP contribution in [0, 0.1) is 6.10 Å². The second kappa shape index (κ2) is 3.81. The molecular formula is C7H11O2S. The van der Waals surface area contributed by atoms with Gasteiger partial charge in [-0.3, -0.25) is 0 Å². The number of aliphatic hydroxyl groups is 1. The molecule has 1 aliphatic heterocycles. The van der Waals surface area contributed by atoms with Gasteiger partial charge < -0.3 is 9.29 Å². The van der Waals surface area contributed by atoms with Crippen LogP contribution in [0.5, 0.6) is 0 Å². The molecule has 57 valence electrons. The zero-order valence-electron chi connectivity index (χ0n) is 5.82. The average Bonchev–Trinajstić information content (AvgIpc) is 2.34. The third kappa shape index (κ3) is 2.56. The molecule has 1 radical (unpaired) electrons. The SMILES string of the molecule is C[C](O)CO[SH]1C=CC=C1. The molecule has 0 bridgehead atoms. The second-order valence-corrected chi connectivity index (χ2v) is 3.63. The minimum absolute atomic E-state index is 0.330. The Morgan fingerprint density at radius 1 is 1.50 bits per heavy atom. The van der Waals surface area contributed by atoms with Crippen LogP contribution in [0.25, 0.3) is 0 Å². The quantitative estimate of drug-likeness (QED) is 0.616. The zero-order chi connectivity index (χ0) is 7.40. The van der Waals surface area contributed by atoms with E-state index in [4.69, 9.17) is 9.29 Å². The van der Waals surface area contributed by atoms with Gasteiger partial charge in [0.2, 0.25) is 0 Å². The van der Waals surface area contributed by atoms with E-state index in [1.807, 2.05) is 23.0 Å². The highest BCUT2D eigenvalue weighted by Gasteiger charge is 2.01. The van der Waals surface area contributed by atoms with Gasteiger partial charge in [-0.05, 0) is 17.7 Å². The van der Waals surface area contributed by atoms with Gasteiger partial charge in [-0.1, -0.05) is 12.2 Å². The maximum atomic E-state index is 8.77. The van der Waals surface area contributed by atoms with Gasteiger partial charge in [-0.25, -0.2) is 0 Å². The highest BCUT2D eigenvalue weighted by atomic mass is 32.2. The lowest BCUT2D eigenvalue weighted by atomic mass is 10.5. The van der Waals surface area contributed by atoms with Crippen molar-refractivity contribution in [1.29, 1.82) is 0 Å². The maximum absolute atomic E-state index is 8.77. The first-order chi connectivity index (χ1) is 4.79. The predicted molar refractivity (Wildman–Crippen MR) is 44.1 cm³/mol. The Hall–Kier alpha value is -0.250. The number of thiol groups is 1. The molecule has 3 heteroatoms. The molecule has 10 heavy (non-hydrogen) atoms. The molecule has 2 nitrogen and oxygen atoms in total. The number of allylic oxidation sites excluding steroid dienone is 2. The first-order valence-electron chi connectivity index (χ1n) is 3.06. The third-order valence-corrected chi connectivity index (χ3v) is 2.36. The number of rotatable bonds is 3. The van der Waals surface area contributed by atoms with Gasteiger partial charge in [0.25, 0.3) is 0 Å². The average molecular weight is 159 g/mol. The lowest BCUT2D eigenvalue weighted by Gasteiger charge is -2.11. The monoisotopic (exact) mass is 159 g/mol. The van der Waals surface area contributed by atoms with Crippen molar-refractivity contribution in [2.24, 2.45) is 0 Å². The fourth-order valence-electron chi connectivity index (χ4n) is 0.573. The molecule has 0 saturated carbocycles. The molecule has 0 unspecified atom stereocenters. The van der Waals surface area contributed by atoms with E-state index in [9.17, 15) is 0 Å². The summed E-state index contributed by atoms with van der Waals surface area (Å²) in [6, 6.07) is 0. The maximum Gasteiger partial charge on any atom is 0.117 e. The van der Waals surface area contributed by atoms with Gasteiger partial charge in [0.15, 0.2) is 0 Å². The van der Waals surface area contributed by atoms with E-state index in [1.165, 1.54) is 0 Å². The zero-order valence-corrected chi connectivity index (χ0v) is 6.71. The van der Waals surface area contributed by atoms with Crippen LogP contribution in [0.1, 0.15) is 6.92 Å². The fraction of sp³-hybridized carbons (Fsp3) is 0.286. The molecule has 0 aromatic carbocycles. The summed E-state index contributed by atoms with van der Waals surface area (Å²) >= 11 is -0.520. The smallest absolute Gasteiger partial charge is 0.117 e. The summed E-state index contributed by atoms with van der Waals surface area (Å²) < 4.78 is 5.27. The van der Waals surface area contributed by atoms with E-state index in [-0.39, 0.29) is 0 Å². The lowest BCUT2D eigenvalue weighted by Crippen LogP contribution is -1.98. The van der Waals surface area contributed by atoms with Gasteiger partial charge in [0.1, 0.15) is 6.10 Å². The normalized spacial score (nSPS) is 19.3. The summed E-state index contributed by atoms with van der Waals surface area (Å²) in [6.45, 7) is 1.99. The standard InChI is InChI=1S/C7H11O2S/c1-7(8)6-9-10-4-2-3-5-10/h2-5,8,10H,6H2,1H3. The van der Waals surface area contributed by atoms with E-state index in [1.54, 1.807) is 6.92 Å². The topological polar surface area (TPSA) is 29.5 Å². The number of hydrogen-bond acceptors (Lipinski definition) is 2. The van der Waals surface area contributed by atoms with Crippen molar-refractivity contribution in [2.75, 3.05) is 6.61 Å². The van der Waals surface area contributed by atoms with Crippen LogP contribution in [-0.2, 0) is 4.18 Å². The minimum atomic E-state index is -0.520. The van der Waals surface area contributed by atoms with Gasteiger partial charge in [0, 0.05) is 0 Å². The van der Waals surface area contributed by atoms with Crippen molar-refractivity contribution in [1.82, 2.24) is 0 Å². The van der Waals surface area contributed by atoms with Crippen molar-refractivity contribution in [3.05, 3.63) is 29.1 Å². The van der Waals surface area contributed by atoms with Crippen LogP contribution >= 0.6 is 11.2 Å². The Balaban J connectivity index is 2.14. The first kappa shape index (κ1) is 7.85. The van der Waals surface area contributed by atoms with Crippen LogP contribution in [0.15, 0.2) is 23.0 Å². The molecule has 0 atom stereocenters. The Morgan fingerprint density at radius 3 is 2.60 bits per heavy atom. The van der Waals surface area contributed by atoms with Crippen LogP contribution in [0.4, 0.5) is 0 Å². The van der Waals surface area contributed by atoms with Crippen molar-refractivity contribution >= 4 is 11.2 Å². The first-order valence-corrected chi connectivity index (χ1v) is 4.46. The van der Waals surface area contributed by atoms with Crippen LogP contribution in [0.2, 0.25) is 0 Å². The number of hydrogen-bond donors (Lipinski definition) is 2. The summed E-state index contributed by atoms with van der Waals surface area (Å²) in [5.74, 6) is 0. The summed E-state index contributed by atoms with van der Waals surface area (Å²) in [5.41, 5.74) is 0. The molecule has 0 amide bonds. The molecule has 0 aromatic rings. The molecule has 1 aliphatic rings. The molecule has 0 aliphatic carbocycles. The van der Waals surface area contributed by atoms with E-state index in [0.717, 1.165) is 0 Å². The van der Waals surface area contributed by atoms with Crippen LogP contribution in [-0.4, -0.2) is 11.7 Å². The van der Waals surface area contributed by atoms with Gasteiger partial charge >= 0.3 is 0 Å². The van der Waals surface area contributed by atoms with E-state index < -0.39 is 11.2 Å². The van der Waals surface area contributed by atoms with Gasteiger partial charge in [-0.15, -0.1) is 11.2 Å². The lowest BCUT2D eigenvalue weighted by molar-refractivity contribution is 0.228. The molecule has 0 spiro atoms. The fourth-order valence-corrected chi connectivity index (χ4v) is 1.72. The molecule has 0 fully saturated rings. The molecule has 0 aromatic heterocycles. The molecule has 1 heterocycles. The summed E-state index contributed by atoms with van der Waals surface area (Å²) in [5, 5.41) is 12.8. The van der Waals surface area contributed by atoms with Crippen LogP contribution in [0.3, 0.4) is 0 Å². The molecule has 0 saturated heterocycles. The van der Waals surface area contributed by atoms with E-state index >= 15 is 0 Å². The second-order valence-electron chi connectivity index (χ2n) is 2.05. The molecular weight excluding hydrogens is 148 g/mol. The predicted octanol–water partition coefficient (Wildman–Crippen LogP) is 1.88. The van der Waals surface area contributed by atoms with E-state index in [0.29, 0.717) is 12.7 Å². The minimum Gasteiger partial charge on any atom is -0.385 e. The van der Waals surface area contributed by atoms with Crippen molar-refractivity contribution < 1.29 is 9.29 Å². The Morgan fingerprint density at radius 2 is 2.10 bits per heavy atom. The van der Waals surface area contributed by atoms with Crippen LogP contribution < -0.4 is 0 Å². The summed E-state index contributed by atoms with van der Waals surface area (Å²) in [4.78, 5) is 0. The molecule has 1 rings (SSSR count). The largest absolute Gasteiger partial charge is 0.385 e. The van der Waals surface area contributed by atoms with Gasteiger partial charge in [-0.2, -0.15) is 0 Å². The Kier molecular flexibility index (Phi) is 2.99.